The second-order valence-electron chi connectivity index (χ2n) is 2.80. The summed E-state index contributed by atoms with van der Waals surface area (Å²) in [6, 6.07) is 6.05. The van der Waals surface area contributed by atoms with Crippen molar-refractivity contribution in [2.75, 3.05) is 6.54 Å². The first kappa shape index (κ1) is 12.0. The number of halogens is 4. The van der Waals surface area contributed by atoms with Gasteiger partial charge in [0.1, 0.15) is 6.54 Å². The molecule has 1 rings (SSSR count). The van der Waals surface area contributed by atoms with E-state index in [1.54, 1.807) is 17.4 Å². The van der Waals surface area contributed by atoms with Crippen LogP contribution in [0, 0.1) is 0 Å². The first-order valence-electron chi connectivity index (χ1n) is 3.99. The van der Waals surface area contributed by atoms with Gasteiger partial charge in [0.2, 0.25) is 0 Å². The fourth-order valence-electron chi connectivity index (χ4n) is 0.884. The summed E-state index contributed by atoms with van der Waals surface area (Å²) in [4.78, 5) is 11.2. The lowest BCUT2D eigenvalue weighted by molar-refractivity contribution is -0.123. The first-order valence-corrected chi connectivity index (χ1v) is 4.78. The quantitative estimate of drug-likeness (QED) is 0.887. The number of nitrogens with one attached hydrogen (secondary N) is 1. The molecule has 0 spiro atoms. The maximum Gasteiger partial charge on any atom is 0.405 e. The number of hydrogen-bond donors (Lipinski definition) is 1. The molecule has 6 heteroatoms. The summed E-state index contributed by atoms with van der Waals surface area (Å²) in [6.45, 7) is -1.32. The Morgan fingerprint density at radius 2 is 1.80 bits per heavy atom. The largest absolute Gasteiger partial charge is 0.405 e. The SMILES string of the molecule is O=C(NCC(F)(F)F)c1ccc(Br)cc1. The highest BCUT2D eigenvalue weighted by Crippen LogP contribution is 2.13. The Hall–Kier alpha value is -1.04. The summed E-state index contributed by atoms with van der Waals surface area (Å²) in [6.07, 6.45) is -4.38. The lowest BCUT2D eigenvalue weighted by Gasteiger charge is -2.08. The molecular weight excluding hydrogens is 275 g/mol. The Bertz CT molecular complexity index is 347. The zero-order chi connectivity index (χ0) is 11.5. The van der Waals surface area contributed by atoms with Gasteiger partial charge in [0.15, 0.2) is 0 Å². The van der Waals surface area contributed by atoms with Crippen molar-refractivity contribution < 1.29 is 18.0 Å². The van der Waals surface area contributed by atoms with E-state index in [0.29, 0.717) is 0 Å². The number of carbonyl (C=O) groups excluding carboxylic acids is 1. The van der Waals surface area contributed by atoms with E-state index in [1.807, 2.05) is 0 Å². The molecule has 0 aliphatic rings. The molecule has 0 fully saturated rings. The van der Waals surface area contributed by atoms with E-state index in [0.717, 1.165) is 4.47 Å². The van der Waals surface area contributed by atoms with Gasteiger partial charge < -0.3 is 5.32 Å². The summed E-state index contributed by atoms with van der Waals surface area (Å²) in [7, 11) is 0. The lowest BCUT2D eigenvalue weighted by Crippen LogP contribution is -2.33. The van der Waals surface area contributed by atoms with Crippen molar-refractivity contribution >= 4 is 21.8 Å². The van der Waals surface area contributed by atoms with Gasteiger partial charge in [-0.25, -0.2) is 0 Å². The van der Waals surface area contributed by atoms with Crippen LogP contribution in [0.3, 0.4) is 0 Å². The third-order valence-electron chi connectivity index (χ3n) is 1.56. The van der Waals surface area contributed by atoms with Gasteiger partial charge in [-0.1, -0.05) is 15.9 Å². The molecule has 1 aromatic carbocycles. The van der Waals surface area contributed by atoms with Crippen LogP contribution in [0.1, 0.15) is 10.4 Å². The van der Waals surface area contributed by atoms with Gasteiger partial charge in [0.05, 0.1) is 0 Å². The summed E-state index contributed by atoms with van der Waals surface area (Å²) < 4.78 is 36.1. The van der Waals surface area contributed by atoms with E-state index < -0.39 is 18.6 Å². The molecular formula is C9H7BrF3NO. The Kier molecular flexibility index (Phi) is 3.73. The molecule has 15 heavy (non-hydrogen) atoms. The zero-order valence-electron chi connectivity index (χ0n) is 7.44. The highest BCUT2D eigenvalue weighted by molar-refractivity contribution is 9.10. The molecule has 1 aromatic rings. The van der Waals surface area contributed by atoms with Crippen molar-refractivity contribution in [1.82, 2.24) is 5.32 Å². The predicted molar refractivity (Wildman–Crippen MR) is 52.5 cm³/mol. The van der Waals surface area contributed by atoms with Gasteiger partial charge in [0, 0.05) is 10.0 Å². The summed E-state index contributed by atoms with van der Waals surface area (Å²) in [5.74, 6) is -0.736. The van der Waals surface area contributed by atoms with Crippen molar-refractivity contribution in [2.24, 2.45) is 0 Å². The first-order chi connectivity index (χ1) is 6.88. The van der Waals surface area contributed by atoms with Crippen molar-refractivity contribution in [3.05, 3.63) is 34.3 Å². The third kappa shape index (κ3) is 4.33. The second-order valence-corrected chi connectivity index (χ2v) is 3.72. The number of alkyl halides is 3. The van der Waals surface area contributed by atoms with Crippen molar-refractivity contribution in [2.45, 2.75) is 6.18 Å². The van der Waals surface area contributed by atoms with Gasteiger partial charge in [0.25, 0.3) is 5.91 Å². The second kappa shape index (κ2) is 4.65. The molecule has 1 N–H and O–H groups in total. The summed E-state index contributed by atoms with van der Waals surface area (Å²) >= 11 is 3.15. The molecule has 0 saturated carbocycles. The maximum atomic E-state index is 11.8. The Morgan fingerprint density at radius 3 is 2.27 bits per heavy atom. The van der Waals surface area contributed by atoms with Crippen LogP contribution in [0.4, 0.5) is 13.2 Å². The van der Waals surface area contributed by atoms with Gasteiger partial charge in [-0.2, -0.15) is 13.2 Å². The molecule has 0 heterocycles. The molecule has 0 radical (unpaired) electrons. The number of benzene rings is 1. The molecule has 1 amide bonds. The number of hydrogen-bond acceptors (Lipinski definition) is 1. The molecule has 0 aromatic heterocycles. The van der Waals surface area contributed by atoms with Crippen LogP contribution < -0.4 is 5.32 Å². The van der Waals surface area contributed by atoms with E-state index in [1.165, 1.54) is 12.1 Å². The van der Waals surface area contributed by atoms with E-state index in [2.05, 4.69) is 15.9 Å². The number of carbonyl (C=O) groups is 1. The van der Waals surface area contributed by atoms with Gasteiger partial charge in [-0.15, -0.1) is 0 Å². The van der Waals surface area contributed by atoms with Crippen LogP contribution in [0.15, 0.2) is 28.7 Å². The van der Waals surface area contributed by atoms with E-state index in [-0.39, 0.29) is 5.56 Å². The normalized spacial score (nSPS) is 11.2. The standard InChI is InChI=1S/C9H7BrF3NO/c10-7-3-1-6(2-4-7)8(15)14-5-9(11,12)13/h1-4H,5H2,(H,14,15). The van der Waals surface area contributed by atoms with Crippen LogP contribution in [0.25, 0.3) is 0 Å². The van der Waals surface area contributed by atoms with Crippen LogP contribution in [0.5, 0.6) is 0 Å². The topological polar surface area (TPSA) is 29.1 Å². The Labute approximate surface area is 92.6 Å². The average Bonchev–Trinajstić information content (AvgIpc) is 2.14. The maximum absolute atomic E-state index is 11.8. The van der Waals surface area contributed by atoms with Gasteiger partial charge in [-0.3, -0.25) is 4.79 Å². The van der Waals surface area contributed by atoms with E-state index in [4.69, 9.17) is 0 Å². The minimum Gasteiger partial charge on any atom is -0.343 e. The van der Waals surface area contributed by atoms with Crippen LogP contribution in [-0.4, -0.2) is 18.6 Å². The molecule has 0 aliphatic heterocycles. The van der Waals surface area contributed by atoms with Crippen LogP contribution in [0.2, 0.25) is 0 Å². The average molecular weight is 282 g/mol. The van der Waals surface area contributed by atoms with Gasteiger partial charge >= 0.3 is 6.18 Å². The Morgan fingerprint density at radius 1 is 1.27 bits per heavy atom. The molecule has 82 valence electrons. The molecule has 0 bridgehead atoms. The zero-order valence-corrected chi connectivity index (χ0v) is 9.02. The monoisotopic (exact) mass is 281 g/mol. The van der Waals surface area contributed by atoms with Crippen LogP contribution >= 0.6 is 15.9 Å². The minimum absolute atomic E-state index is 0.197. The van der Waals surface area contributed by atoms with Gasteiger partial charge in [-0.05, 0) is 24.3 Å². The van der Waals surface area contributed by atoms with E-state index in [9.17, 15) is 18.0 Å². The lowest BCUT2D eigenvalue weighted by atomic mass is 10.2. The Balaban J connectivity index is 2.58. The summed E-state index contributed by atoms with van der Waals surface area (Å²) in [5.41, 5.74) is 0.197. The highest BCUT2D eigenvalue weighted by atomic mass is 79.9. The third-order valence-corrected chi connectivity index (χ3v) is 2.08. The molecule has 0 saturated heterocycles. The van der Waals surface area contributed by atoms with Crippen molar-refractivity contribution in [1.29, 1.82) is 0 Å². The molecule has 0 aliphatic carbocycles. The fourth-order valence-corrected chi connectivity index (χ4v) is 1.15. The summed E-state index contributed by atoms with van der Waals surface area (Å²) in [5, 5.41) is 1.78. The highest BCUT2D eigenvalue weighted by Gasteiger charge is 2.27. The van der Waals surface area contributed by atoms with Crippen LogP contribution in [-0.2, 0) is 0 Å². The smallest absolute Gasteiger partial charge is 0.343 e. The fraction of sp³-hybridized carbons (Fsp3) is 0.222. The molecule has 2 nitrogen and oxygen atoms in total. The minimum atomic E-state index is -4.38. The number of amides is 1. The van der Waals surface area contributed by atoms with E-state index >= 15 is 0 Å². The number of rotatable bonds is 2. The predicted octanol–water partition coefficient (Wildman–Crippen LogP) is 2.74. The molecule has 0 atom stereocenters. The van der Waals surface area contributed by atoms with Crippen molar-refractivity contribution in [3.8, 4) is 0 Å². The van der Waals surface area contributed by atoms with Crippen molar-refractivity contribution in [3.63, 3.8) is 0 Å². The molecule has 0 unspecified atom stereocenters.